The first-order valence-corrected chi connectivity index (χ1v) is 8.87. The molecule has 30 heavy (non-hydrogen) atoms. The zero-order valence-electron chi connectivity index (χ0n) is 15.4. The van der Waals surface area contributed by atoms with Gasteiger partial charge in [0.05, 0.1) is 16.8 Å². The topological polar surface area (TPSA) is 134 Å². The summed E-state index contributed by atoms with van der Waals surface area (Å²) in [5.74, 6) is -0.503. The molecule has 0 aliphatic heterocycles. The molecule has 0 fully saturated rings. The lowest BCUT2D eigenvalue weighted by atomic mass is 10.0. The van der Waals surface area contributed by atoms with Crippen molar-refractivity contribution in [3.8, 4) is 17.0 Å². The van der Waals surface area contributed by atoms with Crippen LogP contribution in [0.1, 0.15) is 16.1 Å². The largest absolute Gasteiger partial charge is 0.507 e. The molecule has 0 unspecified atom stereocenters. The number of phenolic OH excluding ortho intramolecular Hbond substituents is 1. The number of hydrogen-bond acceptors (Lipinski definition) is 6. The molecule has 9 nitrogen and oxygen atoms in total. The zero-order chi connectivity index (χ0) is 21.1. The van der Waals surface area contributed by atoms with Crippen LogP contribution >= 0.6 is 0 Å². The van der Waals surface area contributed by atoms with E-state index in [-0.39, 0.29) is 17.1 Å². The van der Waals surface area contributed by atoms with Crippen molar-refractivity contribution in [2.24, 2.45) is 5.10 Å². The number of carbonyl (C=O) groups is 1. The number of hydrazone groups is 1. The fourth-order valence-electron chi connectivity index (χ4n) is 3.00. The van der Waals surface area contributed by atoms with Crippen molar-refractivity contribution >= 4 is 28.6 Å². The number of rotatable bonds is 5. The molecule has 0 aliphatic carbocycles. The summed E-state index contributed by atoms with van der Waals surface area (Å²) in [5, 5.41) is 33.3. The standard InChI is InChI=1S/C21H15N5O4/c27-20-9-8-13-4-1-2-7-16(13)17(20)12-22-25-21(28)19-11-18(23-24-19)14-5-3-6-15(10-14)26(29)30/h1-12,27H,(H,23,24)(H,25,28). The summed E-state index contributed by atoms with van der Waals surface area (Å²) in [6.07, 6.45) is 1.37. The Morgan fingerprint density at radius 3 is 2.80 bits per heavy atom. The van der Waals surface area contributed by atoms with Gasteiger partial charge in [-0.2, -0.15) is 10.2 Å². The van der Waals surface area contributed by atoms with E-state index in [9.17, 15) is 20.0 Å². The van der Waals surface area contributed by atoms with Gasteiger partial charge in [-0.05, 0) is 22.9 Å². The van der Waals surface area contributed by atoms with E-state index >= 15 is 0 Å². The Bertz CT molecular complexity index is 1300. The maximum atomic E-state index is 12.3. The number of phenols is 1. The van der Waals surface area contributed by atoms with Crippen molar-refractivity contribution in [1.29, 1.82) is 0 Å². The fraction of sp³-hybridized carbons (Fsp3) is 0. The number of H-pyrrole nitrogens is 1. The highest BCUT2D eigenvalue weighted by Crippen LogP contribution is 2.25. The van der Waals surface area contributed by atoms with Gasteiger partial charge in [0.2, 0.25) is 0 Å². The number of nitro groups is 1. The van der Waals surface area contributed by atoms with E-state index in [2.05, 4.69) is 20.7 Å². The SMILES string of the molecule is O=C(NN=Cc1c(O)ccc2ccccc12)c1cc(-c2cccc([N+](=O)[O-])c2)n[nH]1. The van der Waals surface area contributed by atoms with Crippen LogP contribution in [0.25, 0.3) is 22.0 Å². The highest BCUT2D eigenvalue weighted by molar-refractivity contribution is 6.03. The lowest BCUT2D eigenvalue weighted by molar-refractivity contribution is -0.384. The third-order valence-electron chi connectivity index (χ3n) is 4.48. The third kappa shape index (κ3) is 3.72. The van der Waals surface area contributed by atoms with Crippen LogP contribution in [0.5, 0.6) is 5.75 Å². The molecule has 1 heterocycles. The quantitative estimate of drug-likeness (QED) is 0.267. The van der Waals surface area contributed by atoms with E-state index in [4.69, 9.17) is 0 Å². The number of hydrogen-bond donors (Lipinski definition) is 3. The molecule has 3 N–H and O–H groups in total. The molecule has 1 amide bonds. The van der Waals surface area contributed by atoms with Gasteiger partial charge >= 0.3 is 0 Å². The van der Waals surface area contributed by atoms with Crippen LogP contribution in [-0.2, 0) is 0 Å². The lowest BCUT2D eigenvalue weighted by Gasteiger charge is -2.04. The molecule has 4 rings (SSSR count). The van der Waals surface area contributed by atoms with Crippen molar-refractivity contribution < 1.29 is 14.8 Å². The summed E-state index contributed by atoms with van der Waals surface area (Å²) >= 11 is 0. The number of nitrogens with zero attached hydrogens (tertiary/aromatic N) is 3. The monoisotopic (exact) mass is 401 g/mol. The van der Waals surface area contributed by atoms with Crippen LogP contribution in [0.4, 0.5) is 5.69 Å². The zero-order valence-corrected chi connectivity index (χ0v) is 15.4. The Kier molecular flexibility index (Phi) is 4.92. The van der Waals surface area contributed by atoms with Gasteiger partial charge in [-0.1, -0.05) is 42.5 Å². The minimum Gasteiger partial charge on any atom is -0.507 e. The number of aromatic amines is 1. The maximum Gasteiger partial charge on any atom is 0.289 e. The van der Waals surface area contributed by atoms with E-state index in [0.29, 0.717) is 16.8 Å². The van der Waals surface area contributed by atoms with Crippen molar-refractivity contribution in [2.45, 2.75) is 0 Å². The second kappa shape index (κ2) is 7.84. The molecule has 148 valence electrons. The van der Waals surface area contributed by atoms with Crippen molar-refractivity contribution in [3.63, 3.8) is 0 Å². The number of aromatic hydroxyl groups is 1. The van der Waals surface area contributed by atoms with Gasteiger partial charge in [0.1, 0.15) is 11.4 Å². The molecular formula is C21H15N5O4. The Hall–Kier alpha value is -4.53. The molecule has 0 bridgehead atoms. The number of carbonyl (C=O) groups excluding carboxylic acids is 1. The van der Waals surface area contributed by atoms with Gasteiger partial charge in [0.15, 0.2) is 0 Å². The lowest BCUT2D eigenvalue weighted by Crippen LogP contribution is -2.18. The normalized spacial score (nSPS) is 11.1. The minimum atomic E-state index is -0.546. The number of amides is 1. The van der Waals surface area contributed by atoms with Crippen LogP contribution < -0.4 is 5.43 Å². The van der Waals surface area contributed by atoms with E-state index in [1.54, 1.807) is 24.3 Å². The predicted molar refractivity (Wildman–Crippen MR) is 111 cm³/mol. The van der Waals surface area contributed by atoms with Gasteiger partial charge in [0.25, 0.3) is 11.6 Å². The molecule has 0 radical (unpaired) electrons. The van der Waals surface area contributed by atoms with E-state index in [1.165, 1.54) is 24.4 Å². The predicted octanol–water partition coefficient (Wildman–Crippen LogP) is 3.61. The highest BCUT2D eigenvalue weighted by atomic mass is 16.6. The number of non-ortho nitro benzene ring substituents is 1. The molecule has 1 aromatic heterocycles. The summed E-state index contributed by atoms with van der Waals surface area (Å²) in [4.78, 5) is 22.8. The molecule has 0 saturated carbocycles. The Labute approximate surface area is 169 Å². The summed E-state index contributed by atoms with van der Waals surface area (Å²) in [6, 6.07) is 18.3. The average Bonchev–Trinajstić information content (AvgIpc) is 3.26. The van der Waals surface area contributed by atoms with Crippen LogP contribution in [0.2, 0.25) is 0 Å². The van der Waals surface area contributed by atoms with Gasteiger partial charge < -0.3 is 5.11 Å². The average molecular weight is 401 g/mol. The smallest absolute Gasteiger partial charge is 0.289 e. The number of nitrogens with one attached hydrogen (secondary N) is 2. The Morgan fingerprint density at radius 2 is 1.97 bits per heavy atom. The van der Waals surface area contributed by atoms with Crippen molar-refractivity contribution in [2.75, 3.05) is 0 Å². The Morgan fingerprint density at radius 1 is 1.13 bits per heavy atom. The van der Waals surface area contributed by atoms with E-state index in [1.807, 2.05) is 24.3 Å². The molecule has 0 atom stereocenters. The summed E-state index contributed by atoms with van der Waals surface area (Å²) in [6.45, 7) is 0. The van der Waals surface area contributed by atoms with Crippen LogP contribution in [0.3, 0.4) is 0 Å². The molecule has 9 heteroatoms. The maximum absolute atomic E-state index is 12.3. The summed E-state index contributed by atoms with van der Waals surface area (Å²) in [5.41, 5.74) is 3.81. The number of aromatic nitrogens is 2. The van der Waals surface area contributed by atoms with Crippen molar-refractivity contribution in [3.05, 3.63) is 88.1 Å². The molecule has 0 spiro atoms. The first kappa shape index (κ1) is 18.8. The fourth-order valence-corrected chi connectivity index (χ4v) is 3.00. The van der Waals surface area contributed by atoms with Crippen LogP contribution in [0.15, 0.2) is 71.8 Å². The second-order valence-corrected chi connectivity index (χ2v) is 6.39. The minimum absolute atomic E-state index is 0.0428. The number of benzene rings is 3. The van der Waals surface area contributed by atoms with Gasteiger partial charge in [-0.25, -0.2) is 5.43 Å². The molecular weight excluding hydrogens is 386 g/mol. The Balaban J connectivity index is 1.52. The number of nitro benzene ring substituents is 1. The molecule has 0 saturated heterocycles. The van der Waals surface area contributed by atoms with Crippen LogP contribution in [-0.4, -0.2) is 32.3 Å². The third-order valence-corrected chi connectivity index (χ3v) is 4.48. The number of fused-ring (bicyclic) bond motifs is 1. The van der Waals surface area contributed by atoms with Gasteiger partial charge in [0, 0.05) is 23.3 Å². The summed E-state index contributed by atoms with van der Waals surface area (Å²) < 4.78 is 0. The van der Waals surface area contributed by atoms with E-state index in [0.717, 1.165) is 10.8 Å². The summed E-state index contributed by atoms with van der Waals surface area (Å²) in [7, 11) is 0. The van der Waals surface area contributed by atoms with Crippen molar-refractivity contribution in [1.82, 2.24) is 15.6 Å². The first-order valence-electron chi connectivity index (χ1n) is 8.87. The van der Waals surface area contributed by atoms with Crippen LogP contribution in [0, 0.1) is 10.1 Å². The molecule has 4 aromatic rings. The van der Waals surface area contributed by atoms with E-state index < -0.39 is 10.8 Å². The second-order valence-electron chi connectivity index (χ2n) is 6.39. The first-order chi connectivity index (χ1) is 14.5. The highest BCUT2D eigenvalue weighted by Gasteiger charge is 2.13. The van der Waals surface area contributed by atoms with Gasteiger partial charge in [-0.15, -0.1) is 0 Å². The van der Waals surface area contributed by atoms with Gasteiger partial charge in [-0.3, -0.25) is 20.0 Å². The molecule has 0 aliphatic rings. The molecule has 3 aromatic carbocycles.